The van der Waals surface area contributed by atoms with Crippen molar-refractivity contribution in [2.75, 3.05) is 5.75 Å². The maximum atomic E-state index is 12.3. The Labute approximate surface area is 156 Å². The monoisotopic (exact) mass is 355 g/mol. The highest BCUT2D eigenvalue weighted by molar-refractivity contribution is 7.99. The molecule has 3 heteroatoms. The van der Waals surface area contributed by atoms with Gasteiger partial charge in [0.15, 0.2) is 0 Å². The first-order chi connectivity index (χ1) is 11.8. The van der Waals surface area contributed by atoms with Gasteiger partial charge >= 0.3 is 0 Å². The van der Waals surface area contributed by atoms with Crippen LogP contribution in [0, 0.1) is 34.6 Å². The van der Waals surface area contributed by atoms with Gasteiger partial charge in [-0.15, -0.1) is 11.8 Å². The standard InChI is InChI=1S/C22H29NOS/c1-14-7-15(2)9-20(8-14)12-25-13-22(24)23-19(6)21-11-17(4)16(3)10-18(21)5/h7-11,19H,12-13H2,1-6H3,(H,23,24)/t19-/m1/s1. The lowest BCUT2D eigenvalue weighted by Gasteiger charge is -2.18. The van der Waals surface area contributed by atoms with Gasteiger partial charge in [0.25, 0.3) is 0 Å². The van der Waals surface area contributed by atoms with Gasteiger partial charge in [0, 0.05) is 5.75 Å². The van der Waals surface area contributed by atoms with Crippen molar-refractivity contribution in [3.63, 3.8) is 0 Å². The Hall–Kier alpha value is -1.74. The first kappa shape index (κ1) is 19.6. The van der Waals surface area contributed by atoms with E-state index in [1.807, 2.05) is 0 Å². The molecule has 2 nitrogen and oxygen atoms in total. The van der Waals surface area contributed by atoms with Crippen LogP contribution in [-0.2, 0) is 10.5 Å². The number of nitrogens with one attached hydrogen (secondary N) is 1. The van der Waals surface area contributed by atoms with Crippen molar-refractivity contribution in [3.05, 3.63) is 69.3 Å². The smallest absolute Gasteiger partial charge is 0.230 e. The fourth-order valence-corrected chi connectivity index (χ4v) is 4.00. The SMILES string of the molecule is Cc1cc(C)cc(CSCC(=O)N[C@H](C)c2cc(C)c(C)cc2C)c1. The van der Waals surface area contributed by atoms with Crippen molar-refractivity contribution in [2.45, 2.75) is 53.3 Å². The van der Waals surface area contributed by atoms with Gasteiger partial charge in [-0.25, -0.2) is 0 Å². The number of benzene rings is 2. The average Bonchev–Trinajstić information content (AvgIpc) is 2.49. The Morgan fingerprint density at radius 3 is 2.16 bits per heavy atom. The van der Waals surface area contributed by atoms with Crippen molar-refractivity contribution in [1.82, 2.24) is 5.32 Å². The third kappa shape index (κ3) is 5.64. The molecule has 0 aliphatic rings. The maximum Gasteiger partial charge on any atom is 0.230 e. The Bertz CT molecular complexity index is 747. The molecule has 0 heterocycles. The molecule has 1 N–H and O–H groups in total. The van der Waals surface area contributed by atoms with Crippen molar-refractivity contribution in [2.24, 2.45) is 0 Å². The minimum atomic E-state index is 0.0358. The second kappa shape index (κ2) is 8.57. The number of hydrogen-bond acceptors (Lipinski definition) is 2. The van der Waals surface area contributed by atoms with Crippen LogP contribution < -0.4 is 5.32 Å². The molecule has 0 unspecified atom stereocenters. The van der Waals surface area contributed by atoms with E-state index in [2.05, 4.69) is 77.2 Å². The van der Waals surface area contributed by atoms with E-state index in [0.717, 1.165) is 5.75 Å². The fourth-order valence-electron chi connectivity index (χ4n) is 3.22. The Kier molecular flexibility index (Phi) is 6.71. The van der Waals surface area contributed by atoms with Crippen molar-refractivity contribution < 1.29 is 4.79 Å². The van der Waals surface area contributed by atoms with E-state index < -0.39 is 0 Å². The van der Waals surface area contributed by atoms with Crippen molar-refractivity contribution in [1.29, 1.82) is 0 Å². The van der Waals surface area contributed by atoms with Crippen LogP contribution in [0.15, 0.2) is 30.3 Å². The van der Waals surface area contributed by atoms with Gasteiger partial charge in [0.2, 0.25) is 5.91 Å². The summed E-state index contributed by atoms with van der Waals surface area (Å²) in [6, 6.07) is 11.0. The van der Waals surface area contributed by atoms with Gasteiger partial charge in [-0.3, -0.25) is 4.79 Å². The zero-order valence-corrected chi connectivity index (χ0v) is 17.0. The molecule has 1 amide bonds. The zero-order valence-electron chi connectivity index (χ0n) is 16.2. The molecule has 0 fully saturated rings. The van der Waals surface area contributed by atoms with Crippen LogP contribution in [0.3, 0.4) is 0 Å². The molecule has 2 rings (SSSR count). The van der Waals surface area contributed by atoms with Crippen LogP contribution >= 0.6 is 11.8 Å². The molecule has 0 spiro atoms. The summed E-state index contributed by atoms with van der Waals surface area (Å²) in [7, 11) is 0. The molecule has 0 radical (unpaired) electrons. The number of aryl methyl sites for hydroxylation is 5. The maximum absolute atomic E-state index is 12.3. The van der Waals surface area contributed by atoms with E-state index in [9.17, 15) is 4.79 Å². The molecule has 1 atom stereocenters. The lowest BCUT2D eigenvalue weighted by molar-refractivity contribution is -0.119. The molecule has 0 saturated carbocycles. The van der Waals surface area contributed by atoms with Crippen molar-refractivity contribution >= 4 is 17.7 Å². The fraction of sp³-hybridized carbons (Fsp3) is 0.409. The van der Waals surface area contributed by atoms with Gasteiger partial charge in [0.05, 0.1) is 11.8 Å². The number of carbonyl (C=O) groups excluding carboxylic acids is 1. The molecule has 2 aromatic carbocycles. The van der Waals surface area contributed by atoms with E-state index in [4.69, 9.17) is 0 Å². The number of amides is 1. The Morgan fingerprint density at radius 1 is 0.920 bits per heavy atom. The molecule has 2 aromatic rings. The molecular formula is C22H29NOS. The predicted octanol–water partition coefficient (Wildman–Crippen LogP) is 5.34. The van der Waals surface area contributed by atoms with Crippen LogP contribution in [-0.4, -0.2) is 11.7 Å². The van der Waals surface area contributed by atoms with E-state index in [0.29, 0.717) is 5.75 Å². The molecule has 134 valence electrons. The summed E-state index contributed by atoms with van der Waals surface area (Å²) in [5.41, 5.74) is 8.84. The first-order valence-corrected chi connectivity index (χ1v) is 9.93. The van der Waals surface area contributed by atoms with Gasteiger partial charge in [-0.2, -0.15) is 0 Å². The summed E-state index contributed by atoms with van der Waals surface area (Å²) >= 11 is 1.67. The predicted molar refractivity (Wildman–Crippen MR) is 109 cm³/mol. The molecule has 0 aromatic heterocycles. The van der Waals surface area contributed by atoms with E-state index in [1.54, 1.807) is 11.8 Å². The Morgan fingerprint density at radius 2 is 1.52 bits per heavy atom. The minimum Gasteiger partial charge on any atom is -0.349 e. The number of thioether (sulfide) groups is 1. The minimum absolute atomic E-state index is 0.0358. The highest BCUT2D eigenvalue weighted by atomic mass is 32.2. The van der Waals surface area contributed by atoms with Crippen LogP contribution in [0.25, 0.3) is 0 Å². The highest BCUT2D eigenvalue weighted by Crippen LogP contribution is 2.22. The number of carbonyl (C=O) groups is 1. The van der Waals surface area contributed by atoms with E-state index in [-0.39, 0.29) is 11.9 Å². The molecule has 0 bridgehead atoms. The first-order valence-electron chi connectivity index (χ1n) is 8.78. The third-order valence-corrected chi connectivity index (χ3v) is 5.51. The van der Waals surface area contributed by atoms with Gasteiger partial charge < -0.3 is 5.32 Å². The zero-order chi connectivity index (χ0) is 18.6. The lowest BCUT2D eigenvalue weighted by atomic mass is 9.96. The largest absolute Gasteiger partial charge is 0.349 e. The van der Waals surface area contributed by atoms with Crippen LogP contribution in [0.2, 0.25) is 0 Å². The van der Waals surface area contributed by atoms with Gasteiger partial charge in [-0.1, -0.05) is 41.5 Å². The van der Waals surface area contributed by atoms with Crippen LogP contribution in [0.1, 0.15) is 51.9 Å². The van der Waals surface area contributed by atoms with Gasteiger partial charge in [0.1, 0.15) is 0 Å². The summed E-state index contributed by atoms with van der Waals surface area (Å²) in [5, 5.41) is 3.13. The summed E-state index contributed by atoms with van der Waals surface area (Å²) in [6.45, 7) is 12.6. The van der Waals surface area contributed by atoms with Crippen LogP contribution in [0.5, 0.6) is 0 Å². The molecular weight excluding hydrogens is 326 g/mol. The second-order valence-electron chi connectivity index (χ2n) is 7.07. The van der Waals surface area contributed by atoms with Crippen molar-refractivity contribution in [3.8, 4) is 0 Å². The summed E-state index contributed by atoms with van der Waals surface area (Å²) in [5.74, 6) is 1.45. The summed E-state index contributed by atoms with van der Waals surface area (Å²) in [4.78, 5) is 12.3. The molecule has 0 aliphatic heterocycles. The van der Waals surface area contributed by atoms with E-state index in [1.165, 1.54) is 38.9 Å². The highest BCUT2D eigenvalue weighted by Gasteiger charge is 2.13. The number of hydrogen-bond donors (Lipinski definition) is 1. The molecule has 0 aliphatic carbocycles. The summed E-state index contributed by atoms with van der Waals surface area (Å²) in [6.07, 6.45) is 0. The molecule has 0 saturated heterocycles. The topological polar surface area (TPSA) is 29.1 Å². The van der Waals surface area contributed by atoms with Crippen LogP contribution in [0.4, 0.5) is 0 Å². The molecule has 25 heavy (non-hydrogen) atoms. The average molecular weight is 356 g/mol. The second-order valence-corrected chi connectivity index (χ2v) is 8.06. The third-order valence-electron chi connectivity index (χ3n) is 4.51. The quantitative estimate of drug-likeness (QED) is 0.758. The lowest BCUT2D eigenvalue weighted by Crippen LogP contribution is -2.28. The normalized spacial score (nSPS) is 12.1. The van der Waals surface area contributed by atoms with E-state index >= 15 is 0 Å². The van der Waals surface area contributed by atoms with Gasteiger partial charge in [-0.05, 0) is 69.4 Å². The summed E-state index contributed by atoms with van der Waals surface area (Å²) < 4.78 is 0. The Balaban J connectivity index is 1.88. The number of rotatable bonds is 6.